The van der Waals surface area contributed by atoms with Gasteiger partial charge in [0.25, 0.3) is 5.91 Å². The topological polar surface area (TPSA) is 44.1 Å². The van der Waals surface area contributed by atoms with Gasteiger partial charge in [0.1, 0.15) is 0 Å². The van der Waals surface area contributed by atoms with Crippen molar-refractivity contribution >= 4 is 5.91 Å². The van der Waals surface area contributed by atoms with E-state index in [9.17, 15) is 4.79 Å². The van der Waals surface area contributed by atoms with Gasteiger partial charge in [-0.25, -0.2) is 0 Å². The number of hydrogen-bond acceptors (Lipinski definition) is 2. The molecular formula is C21H22N2O. The van der Waals surface area contributed by atoms with Gasteiger partial charge < -0.3 is 4.90 Å². The van der Waals surface area contributed by atoms with Gasteiger partial charge in [-0.1, -0.05) is 29.8 Å². The average molecular weight is 318 g/mol. The molecule has 3 nitrogen and oxygen atoms in total. The lowest BCUT2D eigenvalue weighted by Crippen LogP contribution is -2.31. The maximum Gasteiger partial charge on any atom is 0.253 e. The molecule has 122 valence electrons. The summed E-state index contributed by atoms with van der Waals surface area (Å²) in [6.45, 7) is 3.64. The predicted molar refractivity (Wildman–Crippen MR) is 94.8 cm³/mol. The molecule has 24 heavy (non-hydrogen) atoms. The lowest BCUT2D eigenvalue weighted by Gasteiger charge is -2.21. The third kappa shape index (κ3) is 3.65. The zero-order valence-corrected chi connectivity index (χ0v) is 14.0. The molecule has 0 spiro atoms. The third-order valence-corrected chi connectivity index (χ3v) is 4.83. The van der Waals surface area contributed by atoms with E-state index < -0.39 is 0 Å². The molecule has 0 saturated carbocycles. The Labute approximate surface area is 143 Å². The van der Waals surface area contributed by atoms with Gasteiger partial charge in [0.15, 0.2) is 0 Å². The van der Waals surface area contributed by atoms with Crippen molar-refractivity contribution in [1.82, 2.24) is 4.90 Å². The van der Waals surface area contributed by atoms with Crippen LogP contribution < -0.4 is 0 Å². The fraction of sp³-hybridized carbons (Fsp3) is 0.333. The molecule has 1 fully saturated rings. The summed E-state index contributed by atoms with van der Waals surface area (Å²) in [5, 5.41) is 8.91. The number of carbonyl (C=O) groups excluding carboxylic acids is 1. The molecule has 1 aliphatic heterocycles. The second kappa shape index (κ2) is 7.31. The smallest absolute Gasteiger partial charge is 0.253 e. The number of carbonyl (C=O) groups is 1. The Kier molecular flexibility index (Phi) is 4.96. The van der Waals surface area contributed by atoms with Gasteiger partial charge >= 0.3 is 0 Å². The number of amides is 1. The molecule has 0 aliphatic carbocycles. The number of aryl methyl sites for hydroxylation is 1. The van der Waals surface area contributed by atoms with E-state index in [0.29, 0.717) is 11.5 Å². The van der Waals surface area contributed by atoms with Gasteiger partial charge in [0.05, 0.1) is 11.6 Å². The van der Waals surface area contributed by atoms with E-state index in [4.69, 9.17) is 5.26 Å². The van der Waals surface area contributed by atoms with Gasteiger partial charge in [-0.15, -0.1) is 0 Å². The van der Waals surface area contributed by atoms with E-state index in [1.54, 1.807) is 0 Å². The van der Waals surface area contributed by atoms with Crippen LogP contribution in [0.5, 0.6) is 0 Å². The number of hydrogen-bond donors (Lipinski definition) is 0. The molecule has 0 N–H and O–H groups in total. The molecule has 0 bridgehead atoms. The summed E-state index contributed by atoms with van der Waals surface area (Å²) in [4.78, 5) is 14.7. The van der Waals surface area contributed by atoms with Crippen LogP contribution in [-0.2, 0) is 0 Å². The highest BCUT2D eigenvalue weighted by Gasteiger charge is 2.22. The maximum atomic E-state index is 12.7. The minimum absolute atomic E-state index is 0.135. The van der Waals surface area contributed by atoms with E-state index in [2.05, 4.69) is 18.2 Å². The highest BCUT2D eigenvalue weighted by atomic mass is 16.2. The van der Waals surface area contributed by atoms with E-state index in [1.165, 1.54) is 11.1 Å². The molecule has 2 aromatic rings. The molecule has 3 heteroatoms. The third-order valence-electron chi connectivity index (χ3n) is 4.83. The van der Waals surface area contributed by atoms with Crippen LogP contribution in [0.2, 0.25) is 0 Å². The Morgan fingerprint density at radius 2 is 1.75 bits per heavy atom. The van der Waals surface area contributed by atoms with Crippen molar-refractivity contribution in [3.8, 4) is 6.07 Å². The second-order valence-electron chi connectivity index (χ2n) is 6.52. The molecular weight excluding hydrogens is 296 g/mol. The molecule has 1 atom stereocenters. The van der Waals surface area contributed by atoms with E-state index in [0.717, 1.165) is 37.9 Å². The predicted octanol–water partition coefficient (Wildman–Crippen LogP) is 4.28. The first kappa shape index (κ1) is 16.3. The van der Waals surface area contributed by atoms with Gasteiger partial charge in [-0.3, -0.25) is 4.79 Å². The lowest BCUT2D eigenvalue weighted by molar-refractivity contribution is 0.0761. The number of nitrogens with zero attached hydrogens (tertiary/aromatic N) is 2. The summed E-state index contributed by atoms with van der Waals surface area (Å²) in [5.74, 6) is 0.601. The standard InChI is InChI=1S/C21H22N2O/c1-16-4-8-20(9-5-16)21(24)23-13-2-3-18(12-14-23)19-10-6-17(15-22)7-11-19/h4-11,18H,2-3,12-14H2,1H3. The van der Waals surface area contributed by atoms with Crippen LogP contribution in [0.1, 0.15) is 52.2 Å². The summed E-state index contributed by atoms with van der Waals surface area (Å²) in [5.41, 5.74) is 3.92. The summed E-state index contributed by atoms with van der Waals surface area (Å²) in [6.07, 6.45) is 3.08. The second-order valence-corrected chi connectivity index (χ2v) is 6.52. The van der Waals surface area contributed by atoms with Gasteiger partial charge in [0, 0.05) is 18.7 Å². The Bertz CT molecular complexity index is 741. The van der Waals surface area contributed by atoms with Crippen LogP contribution in [0.4, 0.5) is 0 Å². The van der Waals surface area contributed by atoms with Crippen LogP contribution in [0.3, 0.4) is 0 Å². The Hall–Kier alpha value is -2.60. The first-order chi connectivity index (χ1) is 11.7. The van der Waals surface area contributed by atoms with Crippen molar-refractivity contribution in [2.75, 3.05) is 13.1 Å². The Morgan fingerprint density at radius 3 is 2.42 bits per heavy atom. The molecule has 2 aromatic carbocycles. The SMILES string of the molecule is Cc1ccc(C(=O)N2CCCC(c3ccc(C#N)cc3)CC2)cc1. The average Bonchev–Trinajstić information content (AvgIpc) is 2.88. The minimum Gasteiger partial charge on any atom is -0.339 e. The van der Waals surface area contributed by atoms with Crippen molar-refractivity contribution in [3.63, 3.8) is 0 Å². The molecule has 3 rings (SSSR count). The van der Waals surface area contributed by atoms with Gasteiger partial charge in [0.2, 0.25) is 0 Å². The zero-order chi connectivity index (χ0) is 16.9. The molecule has 0 aromatic heterocycles. The fourth-order valence-corrected chi connectivity index (χ4v) is 3.34. The normalized spacial score (nSPS) is 17.8. The van der Waals surface area contributed by atoms with Gasteiger partial charge in [-0.05, 0) is 61.9 Å². The number of rotatable bonds is 2. The van der Waals surface area contributed by atoms with E-state index in [-0.39, 0.29) is 5.91 Å². The van der Waals surface area contributed by atoms with Crippen LogP contribution in [0.15, 0.2) is 48.5 Å². The summed E-state index contributed by atoms with van der Waals surface area (Å²) in [7, 11) is 0. The summed E-state index contributed by atoms with van der Waals surface area (Å²) < 4.78 is 0. The Morgan fingerprint density at radius 1 is 1.04 bits per heavy atom. The lowest BCUT2D eigenvalue weighted by atomic mass is 9.91. The van der Waals surface area contributed by atoms with Crippen LogP contribution in [0.25, 0.3) is 0 Å². The molecule has 1 amide bonds. The molecule has 1 heterocycles. The summed E-state index contributed by atoms with van der Waals surface area (Å²) >= 11 is 0. The van der Waals surface area contributed by atoms with E-state index >= 15 is 0 Å². The maximum absolute atomic E-state index is 12.7. The fourth-order valence-electron chi connectivity index (χ4n) is 3.34. The van der Waals surface area contributed by atoms with Crippen LogP contribution in [0, 0.1) is 18.3 Å². The molecule has 1 unspecified atom stereocenters. The Balaban J connectivity index is 1.67. The van der Waals surface area contributed by atoms with Crippen molar-refractivity contribution in [3.05, 3.63) is 70.8 Å². The summed E-state index contributed by atoms with van der Waals surface area (Å²) in [6, 6.07) is 17.9. The van der Waals surface area contributed by atoms with Crippen molar-refractivity contribution in [1.29, 1.82) is 5.26 Å². The van der Waals surface area contributed by atoms with Crippen LogP contribution >= 0.6 is 0 Å². The molecule has 1 saturated heterocycles. The number of likely N-dealkylation sites (tertiary alicyclic amines) is 1. The van der Waals surface area contributed by atoms with E-state index in [1.807, 2.05) is 48.2 Å². The van der Waals surface area contributed by atoms with Crippen molar-refractivity contribution < 1.29 is 4.79 Å². The largest absolute Gasteiger partial charge is 0.339 e. The minimum atomic E-state index is 0.135. The van der Waals surface area contributed by atoms with Crippen LogP contribution in [-0.4, -0.2) is 23.9 Å². The number of nitriles is 1. The molecule has 0 radical (unpaired) electrons. The molecule has 1 aliphatic rings. The van der Waals surface area contributed by atoms with Crippen molar-refractivity contribution in [2.45, 2.75) is 32.1 Å². The van der Waals surface area contributed by atoms with Crippen molar-refractivity contribution in [2.24, 2.45) is 0 Å². The van der Waals surface area contributed by atoms with Gasteiger partial charge in [-0.2, -0.15) is 5.26 Å². The number of benzene rings is 2. The zero-order valence-electron chi connectivity index (χ0n) is 14.0. The highest BCUT2D eigenvalue weighted by Crippen LogP contribution is 2.28. The highest BCUT2D eigenvalue weighted by molar-refractivity contribution is 5.94. The first-order valence-electron chi connectivity index (χ1n) is 8.53. The quantitative estimate of drug-likeness (QED) is 0.829. The first-order valence-corrected chi connectivity index (χ1v) is 8.53. The monoisotopic (exact) mass is 318 g/mol.